The van der Waals surface area contributed by atoms with Crippen molar-refractivity contribution in [3.8, 4) is 0 Å². The van der Waals surface area contributed by atoms with Gasteiger partial charge in [-0.3, -0.25) is 9.69 Å². The van der Waals surface area contributed by atoms with Crippen LogP contribution in [-0.4, -0.2) is 52.5 Å². The first kappa shape index (κ1) is 17.8. The summed E-state index contributed by atoms with van der Waals surface area (Å²) < 4.78 is 2.69. The van der Waals surface area contributed by atoms with Crippen molar-refractivity contribution in [1.29, 1.82) is 0 Å². The van der Waals surface area contributed by atoms with Gasteiger partial charge < -0.3 is 9.47 Å². The predicted octanol–water partition coefficient (Wildman–Crippen LogP) is 3.28. The number of imidazole rings is 1. The van der Waals surface area contributed by atoms with Crippen LogP contribution in [-0.2, 0) is 7.05 Å². The standard InChI is InChI=1S/C17H20ClN5OS/c1-21(2)8-4-9-23(16(24)15-19-7-10-22(15)3)17-20-13-6-5-12(18)11-14(13)25-17/h5-7,10-11H,4,8-9H2,1-3H3. The fourth-order valence-electron chi connectivity index (χ4n) is 2.52. The molecule has 1 amide bonds. The molecule has 0 saturated carbocycles. The number of hydrogen-bond donors (Lipinski definition) is 0. The van der Waals surface area contributed by atoms with Crippen LogP contribution in [0, 0.1) is 0 Å². The van der Waals surface area contributed by atoms with Gasteiger partial charge in [0, 0.05) is 31.0 Å². The lowest BCUT2D eigenvalue weighted by atomic mass is 10.3. The largest absolute Gasteiger partial charge is 0.330 e. The molecule has 2 aromatic heterocycles. The molecule has 0 aliphatic heterocycles. The van der Waals surface area contributed by atoms with E-state index >= 15 is 0 Å². The number of fused-ring (bicyclic) bond motifs is 1. The Balaban J connectivity index is 1.94. The highest BCUT2D eigenvalue weighted by atomic mass is 35.5. The number of aryl methyl sites for hydroxylation is 1. The summed E-state index contributed by atoms with van der Waals surface area (Å²) in [6.07, 6.45) is 4.24. The molecule has 132 valence electrons. The first-order chi connectivity index (χ1) is 12.0. The quantitative estimate of drug-likeness (QED) is 0.661. The molecule has 0 N–H and O–H groups in total. The zero-order valence-electron chi connectivity index (χ0n) is 14.4. The van der Waals surface area contributed by atoms with Crippen molar-refractivity contribution in [2.75, 3.05) is 32.1 Å². The number of carbonyl (C=O) groups excluding carboxylic acids is 1. The minimum Gasteiger partial charge on any atom is -0.330 e. The van der Waals surface area contributed by atoms with E-state index in [-0.39, 0.29) is 5.91 Å². The normalized spacial score (nSPS) is 11.4. The van der Waals surface area contributed by atoms with Crippen molar-refractivity contribution in [3.63, 3.8) is 0 Å². The third kappa shape index (κ3) is 4.00. The molecule has 0 unspecified atom stereocenters. The van der Waals surface area contributed by atoms with Crippen molar-refractivity contribution in [2.24, 2.45) is 7.05 Å². The molecule has 0 aliphatic rings. The van der Waals surface area contributed by atoms with Gasteiger partial charge in [0.05, 0.1) is 10.2 Å². The molecule has 3 rings (SSSR count). The number of aromatic nitrogens is 3. The summed E-state index contributed by atoms with van der Waals surface area (Å²) in [4.78, 5) is 25.6. The summed E-state index contributed by atoms with van der Waals surface area (Å²) >= 11 is 7.54. The number of amides is 1. The van der Waals surface area contributed by atoms with Gasteiger partial charge in [-0.25, -0.2) is 9.97 Å². The van der Waals surface area contributed by atoms with Crippen LogP contribution in [0.15, 0.2) is 30.6 Å². The second-order valence-electron chi connectivity index (χ2n) is 6.08. The number of nitrogens with zero attached hydrogens (tertiary/aromatic N) is 5. The lowest BCUT2D eigenvalue weighted by Crippen LogP contribution is -2.35. The first-order valence-electron chi connectivity index (χ1n) is 7.95. The number of thiazole rings is 1. The van der Waals surface area contributed by atoms with Crippen LogP contribution in [0.3, 0.4) is 0 Å². The van der Waals surface area contributed by atoms with Crippen molar-refractivity contribution in [2.45, 2.75) is 6.42 Å². The van der Waals surface area contributed by atoms with Gasteiger partial charge in [0.2, 0.25) is 0 Å². The number of anilines is 1. The van der Waals surface area contributed by atoms with Gasteiger partial charge in [0.15, 0.2) is 11.0 Å². The molecule has 8 heteroatoms. The van der Waals surface area contributed by atoms with E-state index < -0.39 is 0 Å². The third-order valence-electron chi connectivity index (χ3n) is 3.81. The van der Waals surface area contributed by atoms with Gasteiger partial charge in [-0.15, -0.1) is 0 Å². The van der Waals surface area contributed by atoms with Crippen LogP contribution in [0.4, 0.5) is 5.13 Å². The van der Waals surface area contributed by atoms with Gasteiger partial charge in [0.25, 0.3) is 5.91 Å². The second kappa shape index (κ2) is 7.51. The van der Waals surface area contributed by atoms with Crippen molar-refractivity contribution in [3.05, 3.63) is 41.4 Å². The number of hydrogen-bond acceptors (Lipinski definition) is 5. The summed E-state index contributed by atoms with van der Waals surface area (Å²) in [7, 11) is 5.85. The Morgan fingerprint density at radius 2 is 2.12 bits per heavy atom. The maximum absolute atomic E-state index is 13.0. The van der Waals surface area contributed by atoms with E-state index in [0.717, 1.165) is 23.2 Å². The van der Waals surface area contributed by atoms with Crippen molar-refractivity contribution >= 4 is 44.2 Å². The molecule has 0 fully saturated rings. The molecule has 0 radical (unpaired) electrons. The summed E-state index contributed by atoms with van der Waals surface area (Å²) in [5.41, 5.74) is 0.842. The average molecular weight is 378 g/mol. The fourth-order valence-corrected chi connectivity index (χ4v) is 3.79. The van der Waals surface area contributed by atoms with Crippen LogP contribution >= 0.6 is 22.9 Å². The third-order valence-corrected chi connectivity index (χ3v) is 5.09. The average Bonchev–Trinajstić information content (AvgIpc) is 3.16. The number of rotatable bonds is 6. The molecule has 25 heavy (non-hydrogen) atoms. The summed E-state index contributed by atoms with van der Waals surface area (Å²) in [5, 5.41) is 1.33. The topological polar surface area (TPSA) is 54.3 Å². The molecule has 0 atom stereocenters. The molecule has 1 aromatic carbocycles. The zero-order valence-corrected chi connectivity index (χ0v) is 16.0. The Bertz CT molecular complexity index is 888. The Labute approximate surface area is 155 Å². The smallest absolute Gasteiger partial charge is 0.296 e. The molecular formula is C17H20ClN5OS. The maximum Gasteiger partial charge on any atom is 0.296 e. The van der Waals surface area contributed by atoms with Gasteiger partial charge in [-0.2, -0.15) is 0 Å². The Morgan fingerprint density at radius 1 is 1.32 bits per heavy atom. The van der Waals surface area contributed by atoms with E-state index in [1.54, 1.807) is 21.9 Å². The van der Waals surface area contributed by atoms with E-state index in [0.29, 0.717) is 22.5 Å². The lowest BCUT2D eigenvalue weighted by Gasteiger charge is -2.20. The number of carbonyl (C=O) groups is 1. The highest BCUT2D eigenvalue weighted by molar-refractivity contribution is 7.22. The fraction of sp³-hybridized carbons (Fsp3) is 0.353. The highest BCUT2D eigenvalue weighted by Crippen LogP contribution is 2.31. The van der Waals surface area contributed by atoms with Crippen molar-refractivity contribution in [1.82, 2.24) is 19.4 Å². The zero-order chi connectivity index (χ0) is 18.0. The van der Waals surface area contributed by atoms with E-state index in [1.165, 1.54) is 11.3 Å². The first-order valence-corrected chi connectivity index (χ1v) is 9.15. The van der Waals surface area contributed by atoms with Gasteiger partial charge >= 0.3 is 0 Å². The van der Waals surface area contributed by atoms with E-state index in [4.69, 9.17) is 11.6 Å². The Morgan fingerprint density at radius 3 is 2.80 bits per heavy atom. The van der Waals surface area contributed by atoms with E-state index in [9.17, 15) is 4.79 Å². The van der Waals surface area contributed by atoms with Crippen LogP contribution in [0.2, 0.25) is 5.02 Å². The number of benzene rings is 1. The molecule has 0 saturated heterocycles. The van der Waals surface area contributed by atoms with Gasteiger partial charge in [0.1, 0.15) is 0 Å². The van der Waals surface area contributed by atoms with Gasteiger partial charge in [-0.1, -0.05) is 22.9 Å². The molecule has 3 aromatic rings. The Hall–Kier alpha value is -1.96. The minimum atomic E-state index is -0.142. The van der Waals surface area contributed by atoms with Crippen LogP contribution < -0.4 is 4.90 Å². The molecule has 0 bridgehead atoms. The second-order valence-corrected chi connectivity index (χ2v) is 7.53. The summed E-state index contributed by atoms with van der Waals surface area (Å²) in [5.74, 6) is 0.263. The summed E-state index contributed by atoms with van der Waals surface area (Å²) in [6, 6.07) is 5.56. The molecule has 2 heterocycles. The van der Waals surface area contributed by atoms with Crippen LogP contribution in [0.5, 0.6) is 0 Å². The lowest BCUT2D eigenvalue weighted by molar-refractivity contribution is 0.0973. The number of halogens is 1. The predicted molar refractivity (Wildman–Crippen MR) is 103 cm³/mol. The van der Waals surface area contributed by atoms with E-state index in [2.05, 4.69) is 14.9 Å². The van der Waals surface area contributed by atoms with Crippen LogP contribution in [0.25, 0.3) is 10.2 Å². The van der Waals surface area contributed by atoms with Crippen molar-refractivity contribution < 1.29 is 4.79 Å². The molecule has 0 aliphatic carbocycles. The monoisotopic (exact) mass is 377 g/mol. The molecule has 0 spiro atoms. The molecule has 6 nitrogen and oxygen atoms in total. The minimum absolute atomic E-state index is 0.142. The summed E-state index contributed by atoms with van der Waals surface area (Å²) in [6.45, 7) is 1.47. The van der Waals surface area contributed by atoms with E-state index in [1.807, 2.05) is 39.3 Å². The Kier molecular flexibility index (Phi) is 5.36. The van der Waals surface area contributed by atoms with Gasteiger partial charge in [-0.05, 0) is 45.3 Å². The molecular weight excluding hydrogens is 358 g/mol. The maximum atomic E-state index is 13.0. The highest BCUT2D eigenvalue weighted by Gasteiger charge is 2.24. The van der Waals surface area contributed by atoms with Crippen LogP contribution in [0.1, 0.15) is 17.0 Å². The SMILES string of the molecule is CN(C)CCCN(C(=O)c1nccn1C)c1nc2ccc(Cl)cc2s1.